The molecule has 0 aliphatic carbocycles. The topological polar surface area (TPSA) is 60.2 Å². The summed E-state index contributed by atoms with van der Waals surface area (Å²) in [6.07, 6.45) is 1.66. The maximum Gasteiger partial charge on any atom is 0.126 e. The summed E-state index contributed by atoms with van der Waals surface area (Å²) >= 11 is 0. The van der Waals surface area contributed by atoms with Crippen LogP contribution in [0.1, 0.15) is 12.5 Å². The standard InChI is InChI=1S/C10H17N3O/c1-7-4-10(12-5-9(7)11)13-8(2)6-14-3/h4-5,8H,6,11H2,1-3H3,(H,12,13). The third-order valence-electron chi connectivity index (χ3n) is 1.96. The highest BCUT2D eigenvalue weighted by molar-refractivity contribution is 5.51. The third-order valence-corrected chi connectivity index (χ3v) is 1.96. The van der Waals surface area contributed by atoms with Crippen LogP contribution in [0.2, 0.25) is 0 Å². The van der Waals surface area contributed by atoms with Crippen molar-refractivity contribution in [2.75, 3.05) is 24.8 Å². The van der Waals surface area contributed by atoms with Crippen LogP contribution in [0.3, 0.4) is 0 Å². The SMILES string of the molecule is COCC(C)Nc1cc(C)c(N)cn1. The molecule has 1 unspecified atom stereocenters. The molecular weight excluding hydrogens is 178 g/mol. The van der Waals surface area contributed by atoms with Crippen molar-refractivity contribution in [3.8, 4) is 0 Å². The summed E-state index contributed by atoms with van der Waals surface area (Å²) in [7, 11) is 1.68. The molecule has 0 aliphatic rings. The summed E-state index contributed by atoms with van der Waals surface area (Å²) in [5, 5.41) is 3.22. The Kier molecular flexibility index (Phi) is 3.71. The number of methoxy groups -OCH3 is 1. The van der Waals surface area contributed by atoms with Crippen LogP contribution in [0, 0.1) is 6.92 Å². The van der Waals surface area contributed by atoms with Crippen molar-refractivity contribution in [2.45, 2.75) is 19.9 Å². The van der Waals surface area contributed by atoms with Gasteiger partial charge in [0.25, 0.3) is 0 Å². The molecule has 1 heterocycles. The summed E-state index contributed by atoms with van der Waals surface area (Å²) in [5.74, 6) is 0.834. The average Bonchev–Trinajstić information content (AvgIpc) is 2.12. The minimum Gasteiger partial charge on any atom is -0.397 e. The number of ether oxygens (including phenoxy) is 1. The number of aromatic nitrogens is 1. The van der Waals surface area contributed by atoms with Crippen LogP contribution >= 0.6 is 0 Å². The van der Waals surface area contributed by atoms with E-state index >= 15 is 0 Å². The zero-order chi connectivity index (χ0) is 10.6. The Labute approximate surface area is 84.5 Å². The lowest BCUT2D eigenvalue weighted by atomic mass is 10.2. The van der Waals surface area contributed by atoms with E-state index in [4.69, 9.17) is 10.5 Å². The summed E-state index contributed by atoms with van der Waals surface area (Å²) in [6.45, 7) is 4.66. The summed E-state index contributed by atoms with van der Waals surface area (Å²) in [6, 6.07) is 2.18. The number of pyridine rings is 1. The lowest BCUT2D eigenvalue weighted by Crippen LogP contribution is -2.21. The predicted octanol–water partition coefficient (Wildman–Crippen LogP) is 1.42. The molecule has 78 valence electrons. The number of hydrogen-bond acceptors (Lipinski definition) is 4. The van der Waals surface area contributed by atoms with Crippen molar-refractivity contribution in [1.82, 2.24) is 4.98 Å². The molecule has 3 N–H and O–H groups in total. The van der Waals surface area contributed by atoms with E-state index in [-0.39, 0.29) is 6.04 Å². The fourth-order valence-electron chi connectivity index (χ4n) is 1.19. The van der Waals surface area contributed by atoms with E-state index in [1.807, 2.05) is 19.9 Å². The lowest BCUT2D eigenvalue weighted by molar-refractivity contribution is 0.190. The van der Waals surface area contributed by atoms with Crippen LogP contribution in [-0.4, -0.2) is 24.7 Å². The van der Waals surface area contributed by atoms with Crippen LogP contribution in [0.5, 0.6) is 0 Å². The molecule has 0 saturated heterocycles. The van der Waals surface area contributed by atoms with Gasteiger partial charge in [-0.25, -0.2) is 4.98 Å². The molecule has 0 amide bonds. The van der Waals surface area contributed by atoms with Gasteiger partial charge in [-0.05, 0) is 25.5 Å². The van der Waals surface area contributed by atoms with Gasteiger partial charge in [-0.1, -0.05) is 0 Å². The second-order valence-electron chi connectivity index (χ2n) is 3.43. The van der Waals surface area contributed by atoms with Gasteiger partial charge >= 0.3 is 0 Å². The molecule has 1 atom stereocenters. The van der Waals surface area contributed by atoms with Gasteiger partial charge in [0.2, 0.25) is 0 Å². The van der Waals surface area contributed by atoms with E-state index in [0.29, 0.717) is 6.61 Å². The van der Waals surface area contributed by atoms with Gasteiger partial charge in [0.05, 0.1) is 18.5 Å². The van der Waals surface area contributed by atoms with Crippen molar-refractivity contribution >= 4 is 11.5 Å². The summed E-state index contributed by atoms with van der Waals surface area (Å²) < 4.78 is 5.01. The van der Waals surface area contributed by atoms with Crippen molar-refractivity contribution in [1.29, 1.82) is 0 Å². The largest absolute Gasteiger partial charge is 0.397 e. The molecule has 14 heavy (non-hydrogen) atoms. The maximum absolute atomic E-state index is 5.66. The van der Waals surface area contributed by atoms with E-state index in [1.54, 1.807) is 13.3 Å². The molecule has 0 bridgehead atoms. The van der Waals surface area contributed by atoms with E-state index in [2.05, 4.69) is 10.3 Å². The first-order valence-electron chi connectivity index (χ1n) is 4.61. The van der Waals surface area contributed by atoms with E-state index in [9.17, 15) is 0 Å². The van der Waals surface area contributed by atoms with Gasteiger partial charge in [0.15, 0.2) is 0 Å². The molecular formula is C10H17N3O. The van der Waals surface area contributed by atoms with Gasteiger partial charge in [0.1, 0.15) is 5.82 Å². The number of aryl methyl sites for hydroxylation is 1. The van der Waals surface area contributed by atoms with E-state index in [1.165, 1.54) is 0 Å². The van der Waals surface area contributed by atoms with Crippen LogP contribution in [0.4, 0.5) is 11.5 Å². The van der Waals surface area contributed by atoms with Gasteiger partial charge < -0.3 is 15.8 Å². The van der Waals surface area contributed by atoms with Crippen molar-refractivity contribution in [2.24, 2.45) is 0 Å². The Morgan fingerprint density at radius 3 is 2.93 bits per heavy atom. The maximum atomic E-state index is 5.66. The summed E-state index contributed by atoms with van der Waals surface area (Å²) in [5.41, 5.74) is 7.42. The molecule has 0 fully saturated rings. The highest BCUT2D eigenvalue weighted by Crippen LogP contribution is 2.13. The van der Waals surface area contributed by atoms with Gasteiger partial charge in [-0.2, -0.15) is 0 Å². The Bertz CT molecular complexity index is 301. The minimum absolute atomic E-state index is 0.246. The zero-order valence-corrected chi connectivity index (χ0v) is 8.87. The number of nitrogens with one attached hydrogen (secondary N) is 1. The molecule has 4 nitrogen and oxygen atoms in total. The third kappa shape index (κ3) is 2.88. The normalized spacial score (nSPS) is 12.5. The molecule has 0 spiro atoms. The van der Waals surface area contributed by atoms with E-state index < -0.39 is 0 Å². The fourth-order valence-corrected chi connectivity index (χ4v) is 1.19. The summed E-state index contributed by atoms with van der Waals surface area (Å²) in [4.78, 5) is 4.17. The van der Waals surface area contributed by atoms with E-state index in [0.717, 1.165) is 17.1 Å². The first kappa shape index (κ1) is 10.8. The Hall–Kier alpha value is -1.29. The first-order valence-corrected chi connectivity index (χ1v) is 4.61. The molecule has 1 rings (SSSR count). The van der Waals surface area contributed by atoms with Crippen LogP contribution < -0.4 is 11.1 Å². The predicted molar refractivity (Wildman–Crippen MR) is 58.3 cm³/mol. The zero-order valence-electron chi connectivity index (χ0n) is 8.87. The second-order valence-corrected chi connectivity index (χ2v) is 3.43. The highest BCUT2D eigenvalue weighted by Gasteiger charge is 2.03. The number of nitrogens with two attached hydrogens (primary N) is 1. The monoisotopic (exact) mass is 195 g/mol. The lowest BCUT2D eigenvalue weighted by Gasteiger charge is -2.13. The highest BCUT2D eigenvalue weighted by atomic mass is 16.5. The van der Waals surface area contributed by atoms with Gasteiger partial charge in [-0.15, -0.1) is 0 Å². The van der Waals surface area contributed by atoms with Crippen LogP contribution in [-0.2, 0) is 4.74 Å². The molecule has 0 aliphatic heterocycles. The van der Waals surface area contributed by atoms with Crippen molar-refractivity contribution in [3.05, 3.63) is 17.8 Å². The molecule has 1 aromatic heterocycles. The number of nitrogens with zero attached hydrogens (tertiary/aromatic N) is 1. The second kappa shape index (κ2) is 4.81. The van der Waals surface area contributed by atoms with Gasteiger partial charge in [-0.3, -0.25) is 0 Å². The Balaban J connectivity index is 2.63. The van der Waals surface area contributed by atoms with Crippen LogP contribution in [0.25, 0.3) is 0 Å². The minimum atomic E-state index is 0.246. The molecule has 0 aromatic carbocycles. The fraction of sp³-hybridized carbons (Fsp3) is 0.500. The molecule has 1 aromatic rings. The van der Waals surface area contributed by atoms with Crippen LogP contribution in [0.15, 0.2) is 12.3 Å². The first-order chi connectivity index (χ1) is 6.63. The number of nitrogen functional groups attached to an aromatic ring is 1. The number of anilines is 2. The Morgan fingerprint density at radius 1 is 1.64 bits per heavy atom. The van der Waals surface area contributed by atoms with Gasteiger partial charge in [0, 0.05) is 13.2 Å². The molecule has 4 heteroatoms. The number of hydrogen-bond donors (Lipinski definition) is 2. The molecule has 0 radical (unpaired) electrons. The number of rotatable bonds is 4. The average molecular weight is 195 g/mol. The van der Waals surface area contributed by atoms with Crippen molar-refractivity contribution < 1.29 is 4.74 Å². The van der Waals surface area contributed by atoms with Crippen molar-refractivity contribution in [3.63, 3.8) is 0 Å². The molecule has 0 saturated carbocycles. The Morgan fingerprint density at radius 2 is 2.36 bits per heavy atom. The smallest absolute Gasteiger partial charge is 0.126 e. The quantitative estimate of drug-likeness (QED) is 0.762.